The van der Waals surface area contributed by atoms with Gasteiger partial charge in [-0.3, -0.25) is 23.5 Å². The van der Waals surface area contributed by atoms with E-state index in [2.05, 4.69) is 17.2 Å². The van der Waals surface area contributed by atoms with Crippen molar-refractivity contribution in [3.8, 4) is 0 Å². The molecule has 0 bridgehead atoms. The summed E-state index contributed by atoms with van der Waals surface area (Å²) >= 11 is 0. The lowest BCUT2D eigenvalue weighted by atomic mass is 9.89. The first-order valence-corrected chi connectivity index (χ1v) is 21.1. The van der Waals surface area contributed by atoms with Crippen LogP contribution in [0.15, 0.2) is 26.8 Å². The van der Waals surface area contributed by atoms with Crippen molar-refractivity contribution in [2.75, 3.05) is 18.5 Å². The Bertz CT molecular complexity index is 1720. The Morgan fingerprint density at radius 3 is 2.05 bits per heavy atom. The fourth-order valence-corrected chi connectivity index (χ4v) is 7.99. The Hall–Kier alpha value is -2.83. The highest BCUT2D eigenvalue weighted by Gasteiger charge is 2.54. The van der Waals surface area contributed by atoms with Crippen LogP contribution in [0.1, 0.15) is 141 Å². The predicted molar refractivity (Wildman–Crippen MR) is 196 cm³/mol. The lowest BCUT2D eigenvalue weighted by Crippen LogP contribution is -2.48. The number of H-pyrrole nitrogens is 1. The number of nitrogens with one attached hydrogen (secondary N) is 2. The van der Waals surface area contributed by atoms with Gasteiger partial charge in [-0.25, -0.2) is 14.0 Å². The maximum Gasteiger partial charge on any atom is 0.351 e. The number of ether oxygens (including phenoxy) is 2. The zero-order chi connectivity index (χ0) is 40.0. The molecule has 312 valence electrons. The fourth-order valence-electron chi connectivity index (χ4n) is 7.39. The van der Waals surface area contributed by atoms with Gasteiger partial charge < -0.3 is 39.3 Å². The molecule has 5 N–H and O–H groups in total. The SMILES string of the molecule is CCCCCCCCCCCCCCCCCCNc1nc(=O)n(C2CC(OP(=O)([O-])O)C(CO)(CC3OC(n4cc(F)c(=O)[nH]c4=O)CC3O)O2)cc1F. The van der Waals surface area contributed by atoms with Crippen molar-refractivity contribution in [2.45, 2.75) is 165 Å². The number of halogens is 2. The number of phosphoric acid groups is 1. The van der Waals surface area contributed by atoms with Crippen LogP contribution in [0.2, 0.25) is 0 Å². The molecule has 0 aromatic carbocycles. The summed E-state index contributed by atoms with van der Waals surface area (Å²) < 4.78 is 59.0. The number of rotatable bonds is 25. The summed E-state index contributed by atoms with van der Waals surface area (Å²) in [5.41, 5.74) is -5.30. The van der Waals surface area contributed by atoms with Gasteiger partial charge in [-0.1, -0.05) is 103 Å². The normalized spacial score (nSPS) is 25.0. The van der Waals surface area contributed by atoms with Gasteiger partial charge in [0.1, 0.15) is 24.2 Å². The molecule has 0 amide bonds. The van der Waals surface area contributed by atoms with Crippen molar-refractivity contribution in [1.82, 2.24) is 19.1 Å². The molecule has 0 radical (unpaired) electrons. The summed E-state index contributed by atoms with van der Waals surface area (Å²) in [4.78, 5) is 63.7. The molecular formula is C36H57F2N5O11P-. The Balaban J connectivity index is 1.26. The maximum atomic E-state index is 15.2. The summed E-state index contributed by atoms with van der Waals surface area (Å²) in [5, 5.41) is 24.1. The van der Waals surface area contributed by atoms with E-state index in [0.717, 1.165) is 36.4 Å². The lowest BCUT2D eigenvalue weighted by molar-refractivity contribution is -0.232. The van der Waals surface area contributed by atoms with E-state index in [-0.39, 0.29) is 12.2 Å². The number of anilines is 1. The van der Waals surface area contributed by atoms with E-state index in [1.807, 2.05) is 0 Å². The number of unbranched alkanes of at least 4 members (excludes halogenated alkanes) is 15. The van der Waals surface area contributed by atoms with Gasteiger partial charge in [0.25, 0.3) is 13.4 Å². The van der Waals surface area contributed by atoms with Crippen molar-refractivity contribution in [3.05, 3.63) is 55.4 Å². The van der Waals surface area contributed by atoms with E-state index in [0.29, 0.717) is 17.3 Å². The highest BCUT2D eigenvalue weighted by molar-refractivity contribution is 7.44. The van der Waals surface area contributed by atoms with Gasteiger partial charge in [0.2, 0.25) is 5.82 Å². The van der Waals surface area contributed by atoms with Gasteiger partial charge in [-0.05, 0) is 6.42 Å². The molecule has 19 heteroatoms. The van der Waals surface area contributed by atoms with Gasteiger partial charge in [-0.2, -0.15) is 9.37 Å². The van der Waals surface area contributed by atoms with Gasteiger partial charge in [0.05, 0.1) is 31.2 Å². The van der Waals surface area contributed by atoms with Crippen LogP contribution in [0.5, 0.6) is 0 Å². The predicted octanol–water partition coefficient (Wildman–Crippen LogP) is 4.28. The van der Waals surface area contributed by atoms with Crippen LogP contribution >= 0.6 is 7.82 Å². The van der Waals surface area contributed by atoms with E-state index in [1.165, 1.54) is 77.0 Å². The Kier molecular flexibility index (Phi) is 17.6. The molecule has 0 saturated carbocycles. The van der Waals surface area contributed by atoms with Crippen molar-refractivity contribution < 1.29 is 47.3 Å². The molecule has 4 heterocycles. The van der Waals surface area contributed by atoms with Crippen LogP contribution in [0.3, 0.4) is 0 Å². The van der Waals surface area contributed by atoms with Crippen LogP contribution in [0.25, 0.3) is 0 Å². The van der Waals surface area contributed by atoms with E-state index in [4.69, 9.17) is 14.0 Å². The number of aliphatic hydroxyl groups is 2. The average molecular weight is 805 g/mol. The third-order valence-electron chi connectivity index (χ3n) is 10.4. The molecule has 2 aromatic rings. The Morgan fingerprint density at radius 1 is 0.927 bits per heavy atom. The average Bonchev–Trinajstić information content (AvgIpc) is 3.67. The zero-order valence-corrected chi connectivity index (χ0v) is 32.4. The second-order valence-electron chi connectivity index (χ2n) is 14.7. The number of aromatic amines is 1. The third kappa shape index (κ3) is 13.4. The molecule has 0 aliphatic carbocycles. The van der Waals surface area contributed by atoms with E-state index >= 15 is 4.39 Å². The van der Waals surface area contributed by atoms with Crippen LogP contribution in [0.4, 0.5) is 14.6 Å². The molecule has 0 spiro atoms. The van der Waals surface area contributed by atoms with Crippen molar-refractivity contribution in [3.63, 3.8) is 0 Å². The molecule has 2 aliphatic heterocycles. The largest absolute Gasteiger partial charge is 0.756 e. The monoisotopic (exact) mass is 804 g/mol. The van der Waals surface area contributed by atoms with Gasteiger partial charge in [0.15, 0.2) is 11.6 Å². The fraction of sp³-hybridized carbons (Fsp3) is 0.778. The number of hydrogen-bond acceptors (Lipinski definition) is 12. The van der Waals surface area contributed by atoms with Crippen molar-refractivity contribution >= 4 is 13.6 Å². The van der Waals surface area contributed by atoms with Gasteiger partial charge in [-0.15, -0.1) is 0 Å². The van der Waals surface area contributed by atoms with Gasteiger partial charge >= 0.3 is 11.4 Å². The van der Waals surface area contributed by atoms with E-state index in [9.17, 15) is 43.3 Å². The highest BCUT2D eigenvalue weighted by Crippen LogP contribution is 2.48. The first-order chi connectivity index (χ1) is 26.3. The number of hydrogen-bond donors (Lipinski definition) is 5. The number of phosphoric ester groups is 1. The minimum atomic E-state index is -5.48. The number of aromatic nitrogens is 4. The van der Waals surface area contributed by atoms with Crippen molar-refractivity contribution in [1.29, 1.82) is 0 Å². The first-order valence-electron chi connectivity index (χ1n) is 19.6. The third-order valence-corrected chi connectivity index (χ3v) is 10.9. The second kappa shape index (κ2) is 21.6. The zero-order valence-electron chi connectivity index (χ0n) is 31.5. The summed E-state index contributed by atoms with van der Waals surface area (Å²) in [5.74, 6) is -2.46. The van der Waals surface area contributed by atoms with Crippen LogP contribution in [0, 0.1) is 11.6 Å². The van der Waals surface area contributed by atoms with E-state index in [1.54, 1.807) is 4.98 Å². The lowest BCUT2D eigenvalue weighted by Gasteiger charge is -2.36. The van der Waals surface area contributed by atoms with Crippen LogP contribution < -0.4 is 27.1 Å². The molecule has 7 atom stereocenters. The molecule has 16 nitrogen and oxygen atoms in total. The summed E-state index contributed by atoms with van der Waals surface area (Å²) in [6, 6.07) is 0. The second-order valence-corrected chi connectivity index (χ2v) is 15.9. The topological polar surface area (TPSA) is 230 Å². The number of aliphatic hydroxyl groups excluding tert-OH is 2. The molecule has 2 saturated heterocycles. The summed E-state index contributed by atoms with van der Waals surface area (Å²) in [6.07, 6.45) is 12.6. The summed E-state index contributed by atoms with van der Waals surface area (Å²) in [6.45, 7) is 1.63. The molecule has 2 aliphatic rings. The van der Waals surface area contributed by atoms with Crippen molar-refractivity contribution in [2.24, 2.45) is 0 Å². The highest BCUT2D eigenvalue weighted by atomic mass is 31.2. The minimum Gasteiger partial charge on any atom is -0.756 e. The molecule has 7 unspecified atom stereocenters. The standard InChI is InChI=1S/C36H58F2N5O11P/c1-2-3-4-5-6-7-8-9-10-11-12-13-14-15-16-17-18-39-32-25(37)22-43(34(47)40-32)31-20-29(54-55(49,50)51)36(24-44,53-31)21-28-27(45)19-30(52-28)42-23-26(38)33(46)41-35(42)48/h22-23,27-31,44-45H,2-21,24H2,1H3,(H,39,40,47)(H,41,46,48)(H2,49,50,51)/p-1. The van der Waals surface area contributed by atoms with Crippen LogP contribution in [-0.2, 0) is 18.6 Å². The smallest absolute Gasteiger partial charge is 0.351 e. The Morgan fingerprint density at radius 2 is 1.49 bits per heavy atom. The molecular weight excluding hydrogens is 747 g/mol. The number of nitrogens with zero attached hydrogens (tertiary/aromatic N) is 3. The molecule has 55 heavy (non-hydrogen) atoms. The quantitative estimate of drug-likeness (QED) is 0.0698. The summed E-state index contributed by atoms with van der Waals surface area (Å²) in [7, 11) is -5.48. The van der Waals surface area contributed by atoms with Crippen LogP contribution in [-0.4, -0.2) is 71.3 Å². The van der Waals surface area contributed by atoms with E-state index < -0.39 is 92.2 Å². The van der Waals surface area contributed by atoms with Gasteiger partial charge in [0, 0.05) is 25.8 Å². The maximum absolute atomic E-state index is 15.2. The Labute approximate surface area is 318 Å². The molecule has 2 fully saturated rings. The molecule has 2 aromatic heterocycles. The molecule has 4 rings (SSSR count). The minimum absolute atomic E-state index is 0.275. The first kappa shape index (κ1) is 44.9.